The van der Waals surface area contributed by atoms with Crippen molar-refractivity contribution < 1.29 is 9.00 Å². The van der Waals surface area contributed by atoms with Crippen LogP contribution in [0, 0.1) is 0 Å². The Morgan fingerprint density at radius 1 is 1.05 bits per heavy atom. The number of aromatic amines is 1. The molecule has 2 fully saturated rings. The molecule has 0 bridgehead atoms. The van der Waals surface area contributed by atoms with Gasteiger partial charge in [0.25, 0.3) is 5.91 Å². The zero-order valence-corrected chi connectivity index (χ0v) is 23.7. The first kappa shape index (κ1) is 26.4. The van der Waals surface area contributed by atoms with Gasteiger partial charge in [-0.15, -0.1) is 0 Å². The van der Waals surface area contributed by atoms with E-state index >= 15 is 0 Å². The first-order valence-corrected chi connectivity index (χ1v) is 16.4. The van der Waals surface area contributed by atoms with E-state index in [1.165, 1.54) is 18.4 Å². The topological polar surface area (TPSA) is 82.4 Å². The fourth-order valence-electron chi connectivity index (χ4n) is 6.31. The van der Waals surface area contributed by atoms with E-state index in [-0.39, 0.29) is 0 Å². The second kappa shape index (κ2) is 10.9. The Balaban J connectivity index is 1.29. The highest BCUT2D eigenvalue weighted by Crippen LogP contribution is 2.37. The first-order chi connectivity index (χ1) is 17.7. The van der Waals surface area contributed by atoms with Crippen molar-refractivity contribution >= 4 is 34.1 Å². The van der Waals surface area contributed by atoms with Gasteiger partial charge in [-0.25, -0.2) is 8.51 Å². The van der Waals surface area contributed by atoms with E-state index in [4.69, 9.17) is 5.73 Å². The monoisotopic (exact) mass is 538 g/mol. The molecule has 1 aromatic heterocycles. The molecule has 1 amide bonds. The summed E-state index contributed by atoms with van der Waals surface area (Å²) in [6.07, 6.45) is 7.36. The molecule has 2 saturated heterocycles. The molecule has 0 saturated carbocycles. The quantitative estimate of drug-likeness (QED) is 0.365. The molecule has 0 aliphatic carbocycles. The molecule has 198 valence electrons. The summed E-state index contributed by atoms with van der Waals surface area (Å²) < 4.78 is 15.7. The minimum absolute atomic E-state index is 0.338. The number of fused-ring (bicyclic) bond motifs is 1. The minimum atomic E-state index is -2.21. The summed E-state index contributed by atoms with van der Waals surface area (Å²) in [5.74, 6) is 0.590. The number of H-pyrrole nitrogens is 1. The Labute approximate surface area is 223 Å². The Kier molecular flexibility index (Phi) is 7.78. The highest BCUT2D eigenvalue weighted by Gasteiger charge is 2.29. The van der Waals surface area contributed by atoms with Crippen LogP contribution in [0.3, 0.4) is 0 Å². The summed E-state index contributed by atoms with van der Waals surface area (Å²) in [6.45, 7) is 7.20. The van der Waals surface area contributed by atoms with Crippen molar-refractivity contribution in [2.75, 3.05) is 25.4 Å². The van der Waals surface area contributed by atoms with Crippen LogP contribution in [0.1, 0.15) is 67.8 Å². The van der Waals surface area contributed by atoms with Crippen LogP contribution in [-0.2, 0) is 9.30 Å². The average molecular weight is 539 g/mol. The number of nitrogens with two attached hydrogens (primary N) is 1. The van der Waals surface area contributed by atoms with Crippen molar-refractivity contribution in [2.24, 2.45) is 5.73 Å². The normalized spacial score (nSPS) is 23.4. The molecule has 5 rings (SSSR count). The maximum absolute atomic E-state index is 13.6. The van der Waals surface area contributed by atoms with Gasteiger partial charge in [-0.2, -0.15) is 0 Å². The molecule has 6 nitrogen and oxygen atoms in total. The lowest BCUT2D eigenvalue weighted by Gasteiger charge is -2.34. The number of likely N-dealkylation sites (tertiary alicyclic amines) is 1. The lowest BCUT2D eigenvalue weighted by Crippen LogP contribution is -2.39. The maximum Gasteiger partial charge on any atom is 0.250 e. The van der Waals surface area contributed by atoms with E-state index in [1.807, 2.05) is 42.6 Å². The standard InChI is InChI=1S/C29H39N4O2PS/c1-20-9-10-21(2)33(20)13-6-16-37(35,36)32-14-11-23(12-15-32)27-19-31-28-25(27)17-24(18-26(28)29(30)34)22-7-4-3-5-8-22/h3-5,7-8,17-21,23,31,36H,6,9-16H2,1-2H3,(H2,30,34)/t20-,21?,37?/m1/s1. The molecule has 3 aromatic rings. The Hall–Kier alpha value is -2.18. The van der Waals surface area contributed by atoms with Gasteiger partial charge in [0, 0.05) is 42.5 Å². The highest BCUT2D eigenvalue weighted by molar-refractivity contribution is 8.19. The summed E-state index contributed by atoms with van der Waals surface area (Å²) in [7, 11) is 1.48. The zero-order chi connectivity index (χ0) is 26.2. The van der Waals surface area contributed by atoms with E-state index in [0.29, 0.717) is 29.3 Å². The summed E-state index contributed by atoms with van der Waals surface area (Å²) in [6, 6.07) is 15.4. The van der Waals surface area contributed by atoms with Gasteiger partial charge in [0.05, 0.1) is 20.4 Å². The van der Waals surface area contributed by atoms with Crippen molar-refractivity contribution in [2.45, 2.75) is 64.0 Å². The molecule has 8 heteroatoms. The number of primary amides is 1. The molecular weight excluding hydrogens is 499 g/mol. The van der Waals surface area contributed by atoms with E-state index in [0.717, 1.165) is 60.9 Å². The molecule has 2 aromatic carbocycles. The number of hydrogen-bond donors (Lipinski definition) is 2. The van der Waals surface area contributed by atoms with Crippen LogP contribution in [0.15, 0.2) is 48.7 Å². The molecule has 0 radical (unpaired) electrons. The molecule has 2 aliphatic heterocycles. The Morgan fingerprint density at radius 2 is 1.73 bits per heavy atom. The van der Waals surface area contributed by atoms with Gasteiger partial charge in [-0.1, -0.05) is 30.3 Å². The largest absolute Gasteiger partial charge is 0.366 e. The molecule has 37 heavy (non-hydrogen) atoms. The molecule has 3 atom stereocenters. The molecule has 3 N–H and O–H groups in total. The van der Waals surface area contributed by atoms with E-state index in [9.17, 15) is 9.00 Å². The van der Waals surface area contributed by atoms with Crippen LogP contribution < -0.4 is 5.73 Å². The van der Waals surface area contributed by atoms with E-state index < -0.39 is 15.2 Å². The van der Waals surface area contributed by atoms with Crippen LogP contribution in [0.25, 0.3) is 22.0 Å². The summed E-state index contributed by atoms with van der Waals surface area (Å²) >= 11 is 0. The number of amides is 1. The second-order valence-corrected chi connectivity index (χ2v) is 15.0. The second-order valence-electron chi connectivity index (χ2n) is 10.8. The van der Waals surface area contributed by atoms with Gasteiger partial charge >= 0.3 is 0 Å². The fraction of sp³-hybridized carbons (Fsp3) is 0.483. The van der Waals surface area contributed by atoms with E-state index in [1.54, 1.807) is 0 Å². The average Bonchev–Trinajstić information content (AvgIpc) is 3.47. The van der Waals surface area contributed by atoms with Crippen molar-refractivity contribution in [3.05, 3.63) is 59.8 Å². The Morgan fingerprint density at radius 3 is 2.38 bits per heavy atom. The smallest absolute Gasteiger partial charge is 0.250 e. The van der Waals surface area contributed by atoms with Crippen LogP contribution in [0.5, 0.6) is 0 Å². The Bertz CT molecular complexity index is 1350. The number of carbonyl (C=O) groups is 1. The van der Waals surface area contributed by atoms with Crippen molar-refractivity contribution in [3.63, 3.8) is 0 Å². The van der Waals surface area contributed by atoms with Gasteiger partial charge < -0.3 is 10.7 Å². The number of piperidine rings is 1. The lowest BCUT2D eigenvalue weighted by molar-refractivity contribution is 0.100. The molecule has 2 unspecified atom stereocenters. The summed E-state index contributed by atoms with van der Waals surface area (Å²) in [4.78, 5) is 18.2. The number of nitrogens with one attached hydrogen (secondary N) is 1. The van der Waals surface area contributed by atoms with Gasteiger partial charge in [0.2, 0.25) is 0 Å². The van der Waals surface area contributed by atoms with Gasteiger partial charge in [-0.05, 0) is 95.3 Å². The van der Waals surface area contributed by atoms with Crippen molar-refractivity contribution in [3.8, 4) is 11.1 Å². The predicted octanol–water partition coefficient (Wildman–Crippen LogP) is 5.63. The molecular formula is C29H39N4O2PS. The molecule has 2 aliphatic rings. The number of nitrogens with zero attached hydrogens (tertiary/aromatic N) is 2. The number of benzene rings is 2. The van der Waals surface area contributed by atoms with Gasteiger partial charge in [-0.3, -0.25) is 9.69 Å². The molecule has 3 heterocycles. The predicted molar refractivity (Wildman–Crippen MR) is 157 cm³/mol. The van der Waals surface area contributed by atoms with Crippen molar-refractivity contribution in [1.82, 2.24) is 14.2 Å². The fourth-order valence-corrected chi connectivity index (χ4v) is 8.87. The maximum atomic E-state index is 13.6. The SMILES string of the molecule is CC1CC[C@@H](C)N1CCCS(=O)(=P)N1CCC(c2c[nH]c3c(C(N)=O)cc(-c4ccccc4)cc23)CC1. The number of aromatic nitrogens is 1. The lowest BCUT2D eigenvalue weighted by atomic mass is 9.88. The summed E-state index contributed by atoms with van der Waals surface area (Å²) in [5.41, 5.74) is 10.4. The number of hydrogen-bond acceptors (Lipinski definition) is 3. The van der Waals surface area contributed by atoms with Gasteiger partial charge in [0.15, 0.2) is 0 Å². The van der Waals surface area contributed by atoms with E-state index in [2.05, 4.69) is 42.1 Å². The van der Waals surface area contributed by atoms with Crippen LogP contribution in [0.4, 0.5) is 0 Å². The summed E-state index contributed by atoms with van der Waals surface area (Å²) in [5, 5.41) is 1.06. The van der Waals surface area contributed by atoms with Crippen LogP contribution >= 0.6 is 8.02 Å². The van der Waals surface area contributed by atoms with Gasteiger partial charge in [0.1, 0.15) is 0 Å². The van der Waals surface area contributed by atoms with Crippen LogP contribution in [-0.4, -0.2) is 61.8 Å². The molecule has 0 spiro atoms. The van der Waals surface area contributed by atoms with Crippen LogP contribution in [0.2, 0.25) is 0 Å². The first-order valence-electron chi connectivity index (χ1n) is 13.5. The highest BCUT2D eigenvalue weighted by atomic mass is 32.5. The third-order valence-corrected chi connectivity index (χ3v) is 11.9. The van der Waals surface area contributed by atoms with Crippen molar-refractivity contribution in [1.29, 1.82) is 0 Å². The zero-order valence-electron chi connectivity index (χ0n) is 21.9. The number of rotatable bonds is 8. The number of carbonyl (C=O) groups excluding carboxylic acids is 1. The minimum Gasteiger partial charge on any atom is -0.366 e. The third kappa shape index (κ3) is 5.51. The third-order valence-electron chi connectivity index (χ3n) is 8.48.